The Labute approximate surface area is 333 Å². The van der Waals surface area contributed by atoms with Crippen LogP contribution in [0.2, 0.25) is 0 Å². The van der Waals surface area contributed by atoms with Gasteiger partial charge in [-0.1, -0.05) is 20.8 Å². The van der Waals surface area contributed by atoms with E-state index in [0.717, 1.165) is 79.4 Å². The first-order chi connectivity index (χ1) is 26.8. The fourth-order valence-corrected chi connectivity index (χ4v) is 8.66. The van der Waals surface area contributed by atoms with Crippen molar-refractivity contribution in [2.24, 2.45) is 0 Å². The van der Waals surface area contributed by atoms with Crippen molar-refractivity contribution in [1.82, 2.24) is 14.1 Å². The average molecular weight is 896 g/mol. The van der Waals surface area contributed by atoms with Crippen molar-refractivity contribution < 1.29 is 24.1 Å². The molecule has 3 heterocycles. The molecule has 0 saturated heterocycles. The molecule has 0 fully saturated rings. The van der Waals surface area contributed by atoms with Crippen LogP contribution in [0.25, 0.3) is 44.7 Å². The maximum atomic E-state index is 6.59. The van der Waals surface area contributed by atoms with E-state index in [4.69, 9.17) is 9.72 Å². The van der Waals surface area contributed by atoms with E-state index in [0.29, 0.717) is 11.5 Å². The van der Waals surface area contributed by atoms with Gasteiger partial charge in [-0.2, -0.15) is 0 Å². The van der Waals surface area contributed by atoms with Gasteiger partial charge in [0.15, 0.2) is 0 Å². The maximum absolute atomic E-state index is 6.59. The molecule has 9 rings (SSSR count). The van der Waals surface area contributed by atoms with Crippen LogP contribution in [0.4, 0.5) is 11.5 Å². The van der Waals surface area contributed by atoms with Gasteiger partial charge in [-0.25, -0.2) is 0 Å². The van der Waals surface area contributed by atoms with Crippen molar-refractivity contribution >= 4 is 22.5 Å². The van der Waals surface area contributed by atoms with Crippen LogP contribution in [0.15, 0.2) is 152 Å². The summed E-state index contributed by atoms with van der Waals surface area (Å²) in [5.74, 6) is 2.22. The molecule has 0 radical (unpaired) electrons. The summed E-state index contributed by atoms with van der Waals surface area (Å²) < 4.78 is 12.3. The van der Waals surface area contributed by atoms with Crippen LogP contribution < -0.4 is 9.64 Å². The third-order valence-corrected chi connectivity index (χ3v) is 11.3. The number of rotatable bonds is 7. The van der Waals surface area contributed by atoms with Crippen LogP contribution in [0.1, 0.15) is 38.3 Å². The molecule has 0 atom stereocenters. The molecule has 0 amide bonds. The number of para-hydroxylation sites is 3. The van der Waals surface area contributed by atoms with Crippen LogP contribution in [0, 0.1) is 15.9 Å². The second kappa shape index (κ2) is 14.5. The van der Waals surface area contributed by atoms with Gasteiger partial charge in [0, 0.05) is 6.20 Å². The summed E-state index contributed by atoms with van der Waals surface area (Å²) in [6, 6.07) is 58.4. The van der Waals surface area contributed by atoms with E-state index < -0.39 is 0 Å². The Hall–Kier alpha value is -5.77. The van der Waals surface area contributed by atoms with Gasteiger partial charge in [-0.15, -0.1) is 0 Å². The van der Waals surface area contributed by atoms with E-state index in [1.54, 1.807) is 0 Å². The first-order valence-corrected chi connectivity index (χ1v) is 19.9. The summed E-state index contributed by atoms with van der Waals surface area (Å²) in [6.45, 7) is 7.60. The zero-order chi connectivity index (χ0) is 37.5. The molecule has 0 unspecified atom stereocenters. The second-order valence-electron chi connectivity index (χ2n) is 14.9. The minimum absolute atomic E-state index is 0.0312. The van der Waals surface area contributed by atoms with Crippen molar-refractivity contribution in [3.05, 3.63) is 179 Å². The summed E-state index contributed by atoms with van der Waals surface area (Å²) in [5, 5.41) is 0. The van der Waals surface area contributed by atoms with Crippen molar-refractivity contribution in [3.63, 3.8) is 0 Å². The molecule has 6 heteroatoms. The van der Waals surface area contributed by atoms with E-state index in [1.165, 1.54) is 11.1 Å². The van der Waals surface area contributed by atoms with Crippen molar-refractivity contribution in [1.29, 1.82) is 0 Å². The summed E-state index contributed by atoms with van der Waals surface area (Å²) >= 11 is 2.47. The Morgan fingerprint density at radius 2 is 1.29 bits per heavy atom. The molecule has 274 valence electrons. The van der Waals surface area contributed by atoms with Gasteiger partial charge in [-0.05, 0) is 17.0 Å². The fourth-order valence-electron chi connectivity index (χ4n) is 7.58. The fraction of sp³-hybridized carbons (Fsp3) is 0.143. The molecule has 0 bridgehead atoms. The monoisotopic (exact) mass is 895 g/mol. The third-order valence-electron chi connectivity index (χ3n) is 10.3. The molecule has 1 aliphatic rings. The Bertz CT molecular complexity index is 2670. The number of anilines is 2. The normalized spacial score (nSPS) is 12.9. The Kier molecular flexibility index (Phi) is 9.20. The predicted molar refractivity (Wildman–Crippen MR) is 219 cm³/mol. The van der Waals surface area contributed by atoms with E-state index in [-0.39, 0.29) is 5.41 Å². The summed E-state index contributed by atoms with van der Waals surface area (Å²) in [4.78, 5) is 7.07. The molecule has 2 aromatic heterocycles. The molecule has 0 spiro atoms. The molecule has 0 aliphatic carbocycles. The SMILES string of the molecule is CC(C)(C)c1ccnc(N2CCCc3ccc(Oc4[c-]c(-n5[c](=[Pt])n(-c6c(-c7ccccc7)cccc6-c6ccccc6)c6ccccc65)ccc4)[c-]c32)c1. The minimum atomic E-state index is 0.0312. The van der Waals surface area contributed by atoms with Gasteiger partial charge >= 0.3 is 291 Å². The molecule has 0 N–H and O–H groups in total. The first kappa shape index (κ1) is 35.0. The molecule has 1 aliphatic heterocycles. The number of pyridine rings is 1. The van der Waals surface area contributed by atoms with E-state index >= 15 is 0 Å². The number of fused-ring (bicyclic) bond motifs is 2. The van der Waals surface area contributed by atoms with Crippen LogP contribution in [-0.4, -0.2) is 20.7 Å². The van der Waals surface area contributed by atoms with Gasteiger partial charge in [0.2, 0.25) is 0 Å². The summed E-state index contributed by atoms with van der Waals surface area (Å²) in [6.07, 6.45) is 3.98. The van der Waals surface area contributed by atoms with Gasteiger partial charge in [0.05, 0.1) is 0 Å². The molecule has 0 saturated carbocycles. The number of aromatic nitrogens is 3. The number of hydrogen-bond acceptors (Lipinski definition) is 3. The number of benzene rings is 6. The third kappa shape index (κ3) is 6.68. The summed E-state index contributed by atoms with van der Waals surface area (Å²) in [7, 11) is 0. The van der Waals surface area contributed by atoms with Crippen molar-refractivity contribution in [2.75, 3.05) is 11.4 Å². The Balaban J connectivity index is 1.13. The number of imidazole rings is 1. The van der Waals surface area contributed by atoms with E-state index in [2.05, 4.69) is 194 Å². The van der Waals surface area contributed by atoms with E-state index in [1.807, 2.05) is 24.4 Å². The van der Waals surface area contributed by atoms with Crippen molar-refractivity contribution in [3.8, 4) is 45.1 Å². The molecular formula is C49H40N4OPt-2. The quantitative estimate of drug-likeness (QED) is 0.150. The number of aryl methyl sites for hydroxylation is 1. The Morgan fingerprint density at radius 1 is 0.655 bits per heavy atom. The van der Waals surface area contributed by atoms with Crippen LogP contribution in [-0.2, 0) is 31.2 Å². The van der Waals surface area contributed by atoms with Crippen LogP contribution in [0.3, 0.4) is 0 Å². The van der Waals surface area contributed by atoms with Gasteiger partial charge in [0.25, 0.3) is 0 Å². The number of nitrogens with zero attached hydrogens (tertiary/aromatic N) is 4. The molecular weight excluding hydrogens is 856 g/mol. The first-order valence-electron chi connectivity index (χ1n) is 18.8. The second-order valence-corrected chi connectivity index (χ2v) is 16.0. The Morgan fingerprint density at radius 3 is 1.98 bits per heavy atom. The molecule has 6 aromatic carbocycles. The molecule has 55 heavy (non-hydrogen) atoms. The summed E-state index contributed by atoms with van der Waals surface area (Å²) in [5.41, 5.74) is 12.4. The van der Waals surface area contributed by atoms with E-state index in [9.17, 15) is 0 Å². The van der Waals surface area contributed by atoms with Crippen LogP contribution in [0.5, 0.6) is 11.5 Å². The predicted octanol–water partition coefficient (Wildman–Crippen LogP) is 12.0. The van der Waals surface area contributed by atoms with Crippen molar-refractivity contribution in [2.45, 2.75) is 39.0 Å². The zero-order valence-electron chi connectivity index (χ0n) is 31.1. The van der Waals surface area contributed by atoms with Gasteiger partial charge in [0.1, 0.15) is 0 Å². The topological polar surface area (TPSA) is 35.2 Å². The molecule has 5 nitrogen and oxygen atoms in total. The number of hydrogen-bond donors (Lipinski definition) is 0. The number of ether oxygens (including phenoxy) is 1. The molecule has 8 aromatic rings. The average Bonchev–Trinajstić information content (AvgIpc) is 3.52. The van der Waals surface area contributed by atoms with Crippen LogP contribution >= 0.6 is 0 Å². The van der Waals surface area contributed by atoms with Gasteiger partial charge < -0.3 is 0 Å². The van der Waals surface area contributed by atoms with Gasteiger partial charge in [-0.3, -0.25) is 0 Å². The zero-order valence-corrected chi connectivity index (χ0v) is 33.3. The standard InChI is InChI=1S/C49H40N4O.Pt/c1-49(2,3)38-28-29-50-47(31-38)51-30-14-19-37-26-27-41(33-46(37)51)54-40-21-12-20-39(32-40)52-34-53(45-25-11-10-24-44(45)52)48-42(35-15-6-4-7-16-35)22-13-23-43(48)36-17-8-5-9-18-36;/h4-13,15-18,20-29,31H,14,19,30H2,1-3H3;/q-2;.